The van der Waals surface area contributed by atoms with E-state index in [1.807, 2.05) is 0 Å². The predicted molar refractivity (Wildman–Crippen MR) is 48.4 cm³/mol. The first-order chi connectivity index (χ1) is 6.55. The Morgan fingerprint density at radius 1 is 1.71 bits per heavy atom. The van der Waals surface area contributed by atoms with Gasteiger partial charge >= 0.3 is 0 Å². The number of carbonyl (C=O) groups is 1. The molecule has 0 radical (unpaired) electrons. The Balaban J connectivity index is 2.43. The maximum absolute atomic E-state index is 12.6. The van der Waals surface area contributed by atoms with Crippen molar-refractivity contribution >= 4 is 17.2 Å². The molecule has 0 aliphatic carbocycles. The van der Waals surface area contributed by atoms with Crippen molar-refractivity contribution in [1.82, 2.24) is 10.3 Å². The van der Waals surface area contributed by atoms with Crippen molar-refractivity contribution < 1.29 is 13.6 Å². The Bertz CT molecular complexity index is 302. The van der Waals surface area contributed by atoms with Crippen molar-refractivity contribution in [2.45, 2.75) is 5.92 Å². The van der Waals surface area contributed by atoms with E-state index in [0.29, 0.717) is 4.88 Å². The number of hydrogen-bond donors (Lipinski definition) is 2. The summed E-state index contributed by atoms with van der Waals surface area (Å²) in [4.78, 5) is 15.1. The van der Waals surface area contributed by atoms with Gasteiger partial charge in [0.1, 0.15) is 4.88 Å². The van der Waals surface area contributed by atoms with Crippen LogP contribution in [0.1, 0.15) is 9.67 Å². The van der Waals surface area contributed by atoms with E-state index in [2.05, 4.69) is 10.3 Å². The zero-order valence-corrected chi connectivity index (χ0v) is 7.98. The molecule has 78 valence electrons. The second kappa shape index (κ2) is 4.43. The third kappa shape index (κ3) is 3.00. The van der Waals surface area contributed by atoms with E-state index in [1.54, 1.807) is 0 Å². The van der Waals surface area contributed by atoms with Gasteiger partial charge in [0.2, 0.25) is 0 Å². The van der Waals surface area contributed by atoms with Crippen LogP contribution >= 0.6 is 11.3 Å². The minimum absolute atomic E-state index is 0.304. The molecule has 0 spiro atoms. The number of carbonyl (C=O) groups excluding carboxylic acids is 1. The second-order valence-electron chi connectivity index (χ2n) is 2.61. The summed E-state index contributed by atoms with van der Waals surface area (Å²) in [6, 6.07) is 0. The highest BCUT2D eigenvalue weighted by atomic mass is 32.1. The lowest BCUT2D eigenvalue weighted by Crippen LogP contribution is -2.41. The number of alkyl halides is 2. The van der Waals surface area contributed by atoms with Gasteiger partial charge in [0.15, 0.2) is 0 Å². The lowest BCUT2D eigenvalue weighted by molar-refractivity contribution is 0.0119. The van der Waals surface area contributed by atoms with Crippen LogP contribution < -0.4 is 11.1 Å². The fourth-order valence-electron chi connectivity index (χ4n) is 0.697. The Hall–Kier alpha value is -1.08. The summed E-state index contributed by atoms with van der Waals surface area (Å²) < 4.78 is 25.2. The van der Waals surface area contributed by atoms with E-state index in [0.717, 1.165) is 11.3 Å². The molecule has 14 heavy (non-hydrogen) atoms. The molecule has 0 aliphatic heterocycles. The fraction of sp³-hybridized carbons (Fsp3) is 0.429. The lowest BCUT2D eigenvalue weighted by atomic mass is 10.3. The lowest BCUT2D eigenvalue weighted by Gasteiger charge is -2.13. The number of hydrogen-bond acceptors (Lipinski definition) is 4. The van der Waals surface area contributed by atoms with Crippen molar-refractivity contribution in [3.8, 4) is 0 Å². The molecular weight excluding hydrogens is 212 g/mol. The summed E-state index contributed by atoms with van der Waals surface area (Å²) in [5.74, 6) is -3.61. The van der Waals surface area contributed by atoms with E-state index in [4.69, 9.17) is 5.73 Å². The predicted octanol–water partition coefficient (Wildman–Crippen LogP) is 0.467. The normalized spacial score (nSPS) is 11.4. The summed E-state index contributed by atoms with van der Waals surface area (Å²) in [5.41, 5.74) is 6.25. The van der Waals surface area contributed by atoms with Gasteiger partial charge in [-0.3, -0.25) is 9.78 Å². The number of halogens is 2. The molecule has 1 amide bonds. The van der Waals surface area contributed by atoms with Crippen LogP contribution in [0.2, 0.25) is 0 Å². The van der Waals surface area contributed by atoms with Crippen LogP contribution in [0.5, 0.6) is 0 Å². The van der Waals surface area contributed by atoms with Crippen molar-refractivity contribution in [1.29, 1.82) is 0 Å². The van der Waals surface area contributed by atoms with Gasteiger partial charge in [-0.05, 0) is 0 Å². The van der Waals surface area contributed by atoms with E-state index in [9.17, 15) is 13.6 Å². The molecule has 0 unspecified atom stereocenters. The number of nitrogens with zero attached hydrogens (tertiary/aromatic N) is 1. The third-order valence-corrected chi connectivity index (χ3v) is 2.23. The molecule has 0 saturated heterocycles. The summed E-state index contributed by atoms with van der Waals surface area (Å²) in [6.07, 6.45) is 1.32. The zero-order valence-electron chi connectivity index (χ0n) is 7.17. The largest absolute Gasteiger partial charge is 0.345 e. The molecule has 0 aromatic carbocycles. The first kappa shape index (κ1) is 11.0. The van der Waals surface area contributed by atoms with Crippen LogP contribution in [-0.2, 0) is 0 Å². The Morgan fingerprint density at radius 2 is 2.43 bits per heavy atom. The highest BCUT2D eigenvalue weighted by Gasteiger charge is 2.27. The number of aromatic nitrogens is 1. The smallest absolute Gasteiger partial charge is 0.277 e. The van der Waals surface area contributed by atoms with Gasteiger partial charge in [0, 0.05) is 0 Å². The molecule has 0 saturated carbocycles. The standard InChI is InChI=1S/C7H9F2N3OS/c8-7(9,2-10)3-12-6(13)5-1-11-4-14-5/h1,4H,2-3,10H2,(H,12,13). The van der Waals surface area contributed by atoms with Gasteiger partial charge in [-0.1, -0.05) is 0 Å². The van der Waals surface area contributed by atoms with Crippen LogP contribution in [0.15, 0.2) is 11.7 Å². The minimum atomic E-state index is -3.06. The van der Waals surface area contributed by atoms with Gasteiger partial charge in [0.05, 0.1) is 24.8 Å². The maximum atomic E-state index is 12.6. The van der Waals surface area contributed by atoms with Crippen LogP contribution in [0.4, 0.5) is 8.78 Å². The number of nitrogens with two attached hydrogens (primary N) is 1. The first-order valence-corrected chi connectivity index (χ1v) is 4.68. The molecule has 1 aromatic rings. The minimum Gasteiger partial charge on any atom is -0.345 e. The highest BCUT2D eigenvalue weighted by molar-refractivity contribution is 7.11. The number of rotatable bonds is 4. The number of thiazole rings is 1. The van der Waals surface area contributed by atoms with Gasteiger partial charge in [-0.15, -0.1) is 11.3 Å². The molecule has 1 aromatic heterocycles. The quantitative estimate of drug-likeness (QED) is 0.776. The highest BCUT2D eigenvalue weighted by Crippen LogP contribution is 2.10. The van der Waals surface area contributed by atoms with E-state index < -0.39 is 24.9 Å². The molecule has 4 nitrogen and oxygen atoms in total. The van der Waals surface area contributed by atoms with Crippen LogP contribution in [0.25, 0.3) is 0 Å². The maximum Gasteiger partial charge on any atom is 0.277 e. The summed E-state index contributed by atoms with van der Waals surface area (Å²) in [7, 11) is 0. The summed E-state index contributed by atoms with van der Waals surface area (Å²) in [6.45, 7) is -1.53. The van der Waals surface area contributed by atoms with Crippen LogP contribution in [0, 0.1) is 0 Å². The van der Waals surface area contributed by atoms with Crippen molar-refractivity contribution in [2.75, 3.05) is 13.1 Å². The fourth-order valence-corrected chi connectivity index (χ4v) is 1.23. The van der Waals surface area contributed by atoms with Crippen molar-refractivity contribution in [3.05, 3.63) is 16.6 Å². The molecule has 1 rings (SSSR count). The molecule has 0 atom stereocenters. The van der Waals surface area contributed by atoms with E-state index in [-0.39, 0.29) is 0 Å². The van der Waals surface area contributed by atoms with E-state index >= 15 is 0 Å². The molecule has 3 N–H and O–H groups in total. The first-order valence-electron chi connectivity index (χ1n) is 3.80. The summed E-state index contributed by atoms with van der Waals surface area (Å²) in [5, 5.41) is 2.08. The second-order valence-corrected chi connectivity index (χ2v) is 3.49. The summed E-state index contributed by atoms with van der Waals surface area (Å²) >= 11 is 1.09. The molecular formula is C7H9F2N3OS. The van der Waals surface area contributed by atoms with Crippen molar-refractivity contribution in [3.63, 3.8) is 0 Å². The topological polar surface area (TPSA) is 68.0 Å². The average Bonchev–Trinajstić information content (AvgIpc) is 2.67. The Morgan fingerprint density at radius 3 is 2.93 bits per heavy atom. The van der Waals surface area contributed by atoms with Gasteiger partial charge in [-0.25, -0.2) is 8.78 Å². The molecule has 0 bridgehead atoms. The molecule has 0 aliphatic rings. The number of nitrogens with one attached hydrogen (secondary N) is 1. The van der Waals surface area contributed by atoms with E-state index in [1.165, 1.54) is 11.7 Å². The monoisotopic (exact) mass is 221 g/mol. The Kier molecular flexibility index (Phi) is 3.48. The van der Waals surface area contributed by atoms with Gasteiger partial charge in [-0.2, -0.15) is 0 Å². The van der Waals surface area contributed by atoms with Crippen LogP contribution in [0.3, 0.4) is 0 Å². The Labute approximate surface area is 83.1 Å². The number of amides is 1. The molecule has 7 heteroatoms. The van der Waals surface area contributed by atoms with Crippen molar-refractivity contribution in [2.24, 2.45) is 5.73 Å². The molecule has 1 heterocycles. The third-order valence-electron chi connectivity index (χ3n) is 1.46. The van der Waals surface area contributed by atoms with Gasteiger partial charge < -0.3 is 11.1 Å². The molecule has 0 fully saturated rings. The average molecular weight is 221 g/mol. The van der Waals surface area contributed by atoms with Crippen LogP contribution in [-0.4, -0.2) is 29.9 Å². The zero-order chi connectivity index (χ0) is 10.6. The van der Waals surface area contributed by atoms with Gasteiger partial charge in [0.25, 0.3) is 11.8 Å². The SMILES string of the molecule is NCC(F)(F)CNC(=O)c1cncs1.